The molecular formula is C10H13N7O2. The van der Waals surface area contributed by atoms with Crippen molar-refractivity contribution in [1.29, 1.82) is 0 Å². The van der Waals surface area contributed by atoms with Gasteiger partial charge < -0.3 is 5.32 Å². The second-order valence-corrected chi connectivity index (χ2v) is 3.79. The molecule has 0 unspecified atom stereocenters. The minimum absolute atomic E-state index is 0.143. The molecule has 2 rings (SSSR count). The maximum absolute atomic E-state index is 11.8. The van der Waals surface area contributed by atoms with Crippen LogP contribution in [0.5, 0.6) is 0 Å². The lowest BCUT2D eigenvalue weighted by atomic mass is 10.3. The number of carbonyl (C=O) groups is 1. The number of nitrogens with one attached hydrogen (secondary N) is 2. The Balaban J connectivity index is 2.06. The maximum Gasteiger partial charge on any atom is 0.272 e. The first-order valence-electron chi connectivity index (χ1n) is 5.79. The second-order valence-electron chi connectivity index (χ2n) is 3.79. The number of hydrogen-bond donors (Lipinski definition) is 2. The van der Waals surface area contributed by atoms with E-state index in [1.165, 1.54) is 16.8 Å². The zero-order chi connectivity index (χ0) is 13.7. The standard InChI is InChI=1S/C10H13N7O2/c1-2-5-17-9(18)4-3-7(14-17)10(19)11-6-8-12-15-16-13-8/h3-4H,2,5-6H2,1H3,(H,11,19)(H,12,13,15,16). The summed E-state index contributed by atoms with van der Waals surface area (Å²) in [7, 11) is 0. The number of nitrogens with zero attached hydrogens (tertiary/aromatic N) is 5. The highest BCUT2D eigenvalue weighted by atomic mass is 16.2. The van der Waals surface area contributed by atoms with Gasteiger partial charge in [-0.3, -0.25) is 9.59 Å². The van der Waals surface area contributed by atoms with Gasteiger partial charge in [0.05, 0.1) is 6.54 Å². The fourth-order valence-corrected chi connectivity index (χ4v) is 1.45. The number of aromatic amines is 1. The van der Waals surface area contributed by atoms with Crippen molar-refractivity contribution in [2.45, 2.75) is 26.4 Å². The zero-order valence-electron chi connectivity index (χ0n) is 10.3. The van der Waals surface area contributed by atoms with Crippen LogP contribution in [0, 0.1) is 0 Å². The van der Waals surface area contributed by atoms with Crippen molar-refractivity contribution in [3.8, 4) is 0 Å². The van der Waals surface area contributed by atoms with Crippen LogP contribution in [0.4, 0.5) is 0 Å². The number of aromatic nitrogens is 6. The van der Waals surface area contributed by atoms with E-state index in [0.717, 1.165) is 6.42 Å². The van der Waals surface area contributed by atoms with Crippen LogP contribution < -0.4 is 10.9 Å². The largest absolute Gasteiger partial charge is 0.343 e. The first kappa shape index (κ1) is 12.9. The summed E-state index contributed by atoms with van der Waals surface area (Å²) < 4.78 is 1.27. The van der Waals surface area contributed by atoms with Crippen molar-refractivity contribution in [2.75, 3.05) is 0 Å². The van der Waals surface area contributed by atoms with Gasteiger partial charge in [0.1, 0.15) is 5.69 Å². The molecular weight excluding hydrogens is 250 g/mol. The molecule has 19 heavy (non-hydrogen) atoms. The Hall–Kier alpha value is -2.58. The lowest BCUT2D eigenvalue weighted by molar-refractivity contribution is 0.0942. The van der Waals surface area contributed by atoms with Gasteiger partial charge in [0.15, 0.2) is 5.82 Å². The van der Waals surface area contributed by atoms with Crippen molar-refractivity contribution in [2.24, 2.45) is 0 Å². The molecule has 0 aliphatic rings. The molecule has 2 heterocycles. The molecule has 100 valence electrons. The molecule has 0 aromatic carbocycles. The number of H-pyrrole nitrogens is 1. The number of aryl methyl sites for hydroxylation is 1. The average molecular weight is 263 g/mol. The summed E-state index contributed by atoms with van der Waals surface area (Å²) >= 11 is 0. The first-order valence-corrected chi connectivity index (χ1v) is 5.79. The molecule has 0 fully saturated rings. The number of rotatable bonds is 5. The van der Waals surface area contributed by atoms with Gasteiger partial charge in [0.2, 0.25) is 0 Å². The van der Waals surface area contributed by atoms with Gasteiger partial charge in [-0.2, -0.15) is 10.3 Å². The zero-order valence-corrected chi connectivity index (χ0v) is 10.3. The number of amides is 1. The van der Waals surface area contributed by atoms with E-state index in [1.807, 2.05) is 6.92 Å². The molecule has 2 aromatic rings. The minimum atomic E-state index is -0.394. The summed E-state index contributed by atoms with van der Waals surface area (Å²) in [5.74, 6) is -0.0233. The van der Waals surface area contributed by atoms with Gasteiger partial charge in [0, 0.05) is 12.6 Å². The van der Waals surface area contributed by atoms with Crippen LogP contribution >= 0.6 is 0 Å². The number of carbonyl (C=O) groups excluding carboxylic acids is 1. The fraction of sp³-hybridized carbons (Fsp3) is 0.400. The molecule has 0 saturated carbocycles. The molecule has 0 atom stereocenters. The monoisotopic (exact) mass is 263 g/mol. The quantitative estimate of drug-likeness (QED) is 0.721. The molecule has 9 nitrogen and oxygen atoms in total. The predicted octanol–water partition coefficient (Wildman–Crippen LogP) is -0.904. The first-order chi connectivity index (χ1) is 9.20. The summed E-state index contributed by atoms with van der Waals surface area (Å²) in [6.07, 6.45) is 0.765. The summed E-state index contributed by atoms with van der Waals surface area (Å²) in [5.41, 5.74) is -0.0480. The molecule has 0 radical (unpaired) electrons. The van der Waals surface area contributed by atoms with Gasteiger partial charge in [-0.15, -0.1) is 10.2 Å². The van der Waals surface area contributed by atoms with E-state index >= 15 is 0 Å². The molecule has 9 heteroatoms. The predicted molar refractivity (Wildman–Crippen MR) is 64.1 cm³/mol. The molecule has 0 saturated heterocycles. The minimum Gasteiger partial charge on any atom is -0.343 e. The van der Waals surface area contributed by atoms with E-state index in [-0.39, 0.29) is 17.8 Å². The van der Waals surface area contributed by atoms with Gasteiger partial charge in [-0.1, -0.05) is 12.1 Å². The summed E-state index contributed by atoms with van der Waals surface area (Å²) in [6, 6.07) is 2.71. The van der Waals surface area contributed by atoms with Crippen LogP contribution in [0.15, 0.2) is 16.9 Å². The Morgan fingerprint density at radius 3 is 3.00 bits per heavy atom. The van der Waals surface area contributed by atoms with E-state index in [0.29, 0.717) is 12.4 Å². The van der Waals surface area contributed by atoms with Gasteiger partial charge in [0.25, 0.3) is 11.5 Å². The summed E-state index contributed by atoms with van der Waals surface area (Å²) in [4.78, 5) is 23.3. The van der Waals surface area contributed by atoms with Crippen LogP contribution in [-0.2, 0) is 13.1 Å². The van der Waals surface area contributed by atoms with Gasteiger partial charge >= 0.3 is 0 Å². The van der Waals surface area contributed by atoms with E-state index in [9.17, 15) is 9.59 Å². The normalized spacial score (nSPS) is 10.4. The van der Waals surface area contributed by atoms with Crippen LogP contribution in [0.25, 0.3) is 0 Å². The van der Waals surface area contributed by atoms with Crippen molar-refractivity contribution in [3.63, 3.8) is 0 Å². The third-order valence-corrected chi connectivity index (χ3v) is 2.33. The van der Waals surface area contributed by atoms with E-state index in [1.54, 1.807) is 0 Å². The summed E-state index contributed by atoms with van der Waals surface area (Å²) in [6.45, 7) is 2.55. The van der Waals surface area contributed by atoms with Crippen LogP contribution in [0.1, 0.15) is 29.7 Å². The molecule has 0 aliphatic carbocycles. The van der Waals surface area contributed by atoms with Crippen molar-refractivity contribution in [3.05, 3.63) is 34.0 Å². The lowest BCUT2D eigenvalue weighted by Crippen LogP contribution is -2.29. The maximum atomic E-state index is 11.8. The average Bonchev–Trinajstić information content (AvgIpc) is 2.92. The molecule has 0 spiro atoms. The van der Waals surface area contributed by atoms with E-state index < -0.39 is 5.91 Å². The number of tetrazole rings is 1. The van der Waals surface area contributed by atoms with Crippen LogP contribution in [0.2, 0.25) is 0 Å². The van der Waals surface area contributed by atoms with Crippen LogP contribution in [-0.4, -0.2) is 36.3 Å². The van der Waals surface area contributed by atoms with Gasteiger partial charge in [-0.25, -0.2) is 4.68 Å². The third kappa shape index (κ3) is 3.21. The highest BCUT2D eigenvalue weighted by Crippen LogP contribution is 1.93. The Kier molecular flexibility index (Phi) is 3.96. The molecule has 1 amide bonds. The number of hydrogen-bond acceptors (Lipinski definition) is 6. The Morgan fingerprint density at radius 2 is 2.32 bits per heavy atom. The Morgan fingerprint density at radius 1 is 1.47 bits per heavy atom. The van der Waals surface area contributed by atoms with E-state index in [2.05, 4.69) is 31.0 Å². The lowest BCUT2D eigenvalue weighted by Gasteiger charge is -2.05. The molecule has 0 aliphatic heterocycles. The van der Waals surface area contributed by atoms with Crippen molar-refractivity contribution in [1.82, 2.24) is 35.7 Å². The smallest absolute Gasteiger partial charge is 0.272 e. The third-order valence-electron chi connectivity index (χ3n) is 2.33. The summed E-state index contributed by atoms with van der Waals surface area (Å²) in [5, 5.41) is 19.6. The highest BCUT2D eigenvalue weighted by molar-refractivity contribution is 5.91. The highest BCUT2D eigenvalue weighted by Gasteiger charge is 2.10. The topological polar surface area (TPSA) is 118 Å². The fourth-order valence-electron chi connectivity index (χ4n) is 1.45. The van der Waals surface area contributed by atoms with E-state index in [4.69, 9.17) is 0 Å². The molecule has 0 bridgehead atoms. The van der Waals surface area contributed by atoms with Crippen molar-refractivity contribution < 1.29 is 4.79 Å². The Bertz CT molecular complexity index is 605. The molecule has 2 N–H and O–H groups in total. The second kappa shape index (κ2) is 5.85. The van der Waals surface area contributed by atoms with Gasteiger partial charge in [-0.05, 0) is 12.5 Å². The van der Waals surface area contributed by atoms with Crippen LogP contribution in [0.3, 0.4) is 0 Å². The SMILES string of the molecule is CCCn1nc(C(=O)NCc2nn[nH]n2)ccc1=O. The molecule has 2 aromatic heterocycles. The Labute approximate surface area is 108 Å². The van der Waals surface area contributed by atoms with Crippen molar-refractivity contribution >= 4 is 5.91 Å².